The Hall–Kier alpha value is -0.195. The highest BCUT2D eigenvalue weighted by Gasteiger charge is 2.29. The molecule has 116 valence electrons. The molecule has 3 rings (SSSR count). The van der Waals surface area contributed by atoms with Crippen molar-refractivity contribution in [3.8, 4) is 0 Å². The SMILES string of the molecule is [B]C1CCC(C2CCC(C=CC3CCCCC3)CC2)CC1. The standard InChI is InChI=1S/C20H33B/c21-20-14-12-19(13-15-20)18-10-8-17(9-11-18)7-6-16-4-2-1-3-5-16/h6-7,16-20H,1-5,8-15H2. The fourth-order valence-electron chi connectivity index (χ4n) is 5.07. The highest BCUT2D eigenvalue weighted by atomic mass is 14.3. The van der Waals surface area contributed by atoms with Gasteiger partial charge in [-0.3, -0.25) is 0 Å². The minimum Gasteiger partial charge on any atom is -0.0851 e. The molecule has 3 aliphatic carbocycles. The molecule has 0 unspecified atom stereocenters. The van der Waals surface area contributed by atoms with Crippen LogP contribution in [0.15, 0.2) is 12.2 Å². The first kappa shape index (κ1) is 15.7. The lowest BCUT2D eigenvalue weighted by atomic mass is 9.65. The van der Waals surface area contributed by atoms with Crippen molar-refractivity contribution < 1.29 is 0 Å². The van der Waals surface area contributed by atoms with E-state index in [2.05, 4.69) is 12.2 Å². The van der Waals surface area contributed by atoms with E-state index in [0.717, 1.165) is 23.7 Å². The summed E-state index contributed by atoms with van der Waals surface area (Å²) in [5.74, 6) is 4.35. The zero-order chi connectivity index (χ0) is 14.5. The van der Waals surface area contributed by atoms with Crippen LogP contribution in [0.5, 0.6) is 0 Å². The Kier molecular flexibility index (Phi) is 5.89. The molecule has 0 aliphatic heterocycles. The molecule has 0 saturated heterocycles. The molecule has 0 N–H and O–H groups in total. The summed E-state index contributed by atoms with van der Waals surface area (Å²) in [7, 11) is 6.05. The van der Waals surface area contributed by atoms with Crippen molar-refractivity contribution in [2.24, 2.45) is 23.7 Å². The van der Waals surface area contributed by atoms with Gasteiger partial charge in [0.05, 0.1) is 7.85 Å². The molecule has 0 aromatic carbocycles. The molecule has 0 bridgehead atoms. The van der Waals surface area contributed by atoms with Gasteiger partial charge in [-0.05, 0) is 62.2 Å². The molecule has 21 heavy (non-hydrogen) atoms. The fourth-order valence-corrected chi connectivity index (χ4v) is 5.07. The zero-order valence-electron chi connectivity index (χ0n) is 13.8. The number of rotatable bonds is 3. The van der Waals surface area contributed by atoms with Crippen molar-refractivity contribution in [2.75, 3.05) is 0 Å². The Labute approximate surface area is 133 Å². The second-order valence-electron chi connectivity index (χ2n) is 8.13. The molecule has 1 heteroatoms. The lowest BCUT2D eigenvalue weighted by Gasteiger charge is -2.37. The molecule has 0 aromatic heterocycles. The predicted molar refractivity (Wildman–Crippen MR) is 92.6 cm³/mol. The first-order valence-corrected chi connectivity index (χ1v) is 9.75. The first-order chi connectivity index (χ1) is 10.3. The van der Waals surface area contributed by atoms with Gasteiger partial charge in [0.25, 0.3) is 0 Å². The van der Waals surface area contributed by atoms with Crippen molar-refractivity contribution >= 4 is 7.85 Å². The van der Waals surface area contributed by atoms with Gasteiger partial charge in [-0.2, -0.15) is 0 Å². The molecule has 3 saturated carbocycles. The van der Waals surface area contributed by atoms with Crippen LogP contribution in [-0.4, -0.2) is 7.85 Å². The van der Waals surface area contributed by atoms with Crippen molar-refractivity contribution in [3.63, 3.8) is 0 Å². The molecule has 0 spiro atoms. The van der Waals surface area contributed by atoms with Crippen LogP contribution in [0.25, 0.3) is 0 Å². The zero-order valence-corrected chi connectivity index (χ0v) is 13.8. The Morgan fingerprint density at radius 3 is 1.57 bits per heavy atom. The molecule has 3 aliphatic rings. The third kappa shape index (κ3) is 4.63. The Bertz CT molecular complexity index is 313. The van der Waals surface area contributed by atoms with E-state index in [1.165, 1.54) is 83.5 Å². The summed E-state index contributed by atoms with van der Waals surface area (Å²) < 4.78 is 0. The largest absolute Gasteiger partial charge is 0.0851 e. The minimum absolute atomic E-state index is 0.510. The maximum atomic E-state index is 6.05. The Morgan fingerprint density at radius 2 is 1.00 bits per heavy atom. The number of hydrogen-bond donors (Lipinski definition) is 0. The summed E-state index contributed by atoms with van der Waals surface area (Å²) in [6.07, 6.45) is 23.8. The summed E-state index contributed by atoms with van der Waals surface area (Å²) in [6, 6.07) is 0. The van der Waals surface area contributed by atoms with Crippen LogP contribution in [0.4, 0.5) is 0 Å². The third-order valence-electron chi connectivity index (χ3n) is 6.60. The van der Waals surface area contributed by atoms with Crippen molar-refractivity contribution in [2.45, 2.75) is 89.3 Å². The maximum Gasteiger partial charge on any atom is 0.0699 e. The van der Waals surface area contributed by atoms with E-state index in [4.69, 9.17) is 7.85 Å². The molecule has 0 aromatic rings. The van der Waals surface area contributed by atoms with Crippen LogP contribution in [0.3, 0.4) is 0 Å². The van der Waals surface area contributed by atoms with Crippen molar-refractivity contribution in [1.29, 1.82) is 0 Å². The lowest BCUT2D eigenvalue weighted by Crippen LogP contribution is -2.24. The van der Waals surface area contributed by atoms with E-state index in [1.54, 1.807) is 0 Å². The predicted octanol–water partition coefficient (Wildman–Crippen LogP) is 6.08. The average Bonchev–Trinajstić information content (AvgIpc) is 2.55. The Balaban J connectivity index is 1.39. The monoisotopic (exact) mass is 284 g/mol. The van der Waals surface area contributed by atoms with E-state index >= 15 is 0 Å². The summed E-state index contributed by atoms with van der Waals surface area (Å²) in [4.78, 5) is 0. The minimum atomic E-state index is 0.510. The van der Waals surface area contributed by atoms with Crippen LogP contribution in [0.1, 0.15) is 83.5 Å². The van der Waals surface area contributed by atoms with Crippen LogP contribution in [0.2, 0.25) is 5.82 Å². The van der Waals surface area contributed by atoms with Gasteiger partial charge in [-0.15, -0.1) is 0 Å². The Morgan fingerprint density at radius 1 is 0.524 bits per heavy atom. The molecule has 0 atom stereocenters. The van der Waals surface area contributed by atoms with Gasteiger partial charge in [0, 0.05) is 0 Å². The smallest absolute Gasteiger partial charge is 0.0699 e. The molecular weight excluding hydrogens is 251 g/mol. The molecule has 0 heterocycles. The lowest BCUT2D eigenvalue weighted by molar-refractivity contribution is 0.180. The van der Waals surface area contributed by atoms with Gasteiger partial charge in [-0.1, -0.05) is 62.9 Å². The van der Waals surface area contributed by atoms with Crippen LogP contribution >= 0.6 is 0 Å². The third-order valence-corrected chi connectivity index (χ3v) is 6.60. The van der Waals surface area contributed by atoms with Gasteiger partial charge in [0.15, 0.2) is 0 Å². The highest BCUT2D eigenvalue weighted by molar-refractivity contribution is 6.11. The summed E-state index contributed by atoms with van der Waals surface area (Å²) in [5.41, 5.74) is 0. The van der Waals surface area contributed by atoms with Crippen molar-refractivity contribution in [1.82, 2.24) is 0 Å². The quantitative estimate of drug-likeness (QED) is 0.435. The highest BCUT2D eigenvalue weighted by Crippen LogP contribution is 2.42. The van der Waals surface area contributed by atoms with Crippen LogP contribution in [0, 0.1) is 23.7 Å². The molecule has 0 nitrogen and oxygen atoms in total. The van der Waals surface area contributed by atoms with Crippen LogP contribution < -0.4 is 0 Å². The first-order valence-electron chi connectivity index (χ1n) is 9.75. The summed E-state index contributed by atoms with van der Waals surface area (Å²) >= 11 is 0. The van der Waals surface area contributed by atoms with E-state index in [0.29, 0.717) is 5.82 Å². The molecule has 3 fully saturated rings. The second-order valence-corrected chi connectivity index (χ2v) is 8.13. The van der Waals surface area contributed by atoms with Gasteiger partial charge >= 0.3 is 0 Å². The van der Waals surface area contributed by atoms with E-state index < -0.39 is 0 Å². The normalized spacial score (nSPS) is 39.6. The fraction of sp³-hybridized carbons (Fsp3) is 0.900. The summed E-state index contributed by atoms with van der Waals surface area (Å²) in [6.45, 7) is 0. The number of hydrogen-bond acceptors (Lipinski definition) is 0. The van der Waals surface area contributed by atoms with E-state index in [9.17, 15) is 0 Å². The number of allylic oxidation sites excluding steroid dienone is 2. The maximum absolute atomic E-state index is 6.05. The molecule has 0 amide bonds. The molecule has 2 radical (unpaired) electrons. The van der Waals surface area contributed by atoms with E-state index in [1.807, 2.05) is 0 Å². The van der Waals surface area contributed by atoms with Crippen molar-refractivity contribution in [3.05, 3.63) is 12.2 Å². The summed E-state index contributed by atoms with van der Waals surface area (Å²) in [5, 5.41) is 0. The van der Waals surface area contributed by atoms with Gasteiger partial charge < -0.3 is 0 Å². The topological polar surface area (TPSA) is 0 Å². The van der Waals surface area contributed by atoms with Gasteiger partial charge in [0.1, 0.15) is 0 Å². The van der Waals surface area contributed by atoms with Crippen LogP contribution in [-0.2, 0) is 0 Å². The molecular formula is C20H33B. The van der Waals surface area contributed by atoms with Gasteiger partial charge in [-0.25, -0.2) is 0 Å². The van der Waals surface area contributed by atoms with Gasteiger partial charge in [0.2, 0.25) is 0 Å². The van der Waals surface area contributed by atoms with E-state index in [-0.39, 0.29) is 0 Å². The average molecular weight is 284 g/mol. The second kappa shape index (κ2) is 7.88.